The second-order valence-electron chi connectivity index (χ2n) is 6.38. The molecule has 1 aliphatic rings. The average Bonchev–Trinajstić information content (AvgIpc) is 2.91. The van der Waals surface area contributed by atoms with Crippen molar-refractivity contribution in [2.24, 2.45) is 4.99 Å². The van der Waals surface area contributed by atoms with Crippen LogP contribution in [0.4, 0.5) is 11.4 Å². The maximum Gasteiger partial charge on any atom is 0.0992 e. The van der Waals surface area contributed by atoms with Gasteiger partial charge in [0.25, 0.3) is 0 Å². The second-order valence-corrected chi connectivity index (χ2v) is 8.82. The predicted molar refractivity (Wildman–Crippen MR) is 103 cm³/mol. The number of aliphatic imine (C=N–C) groups is 1. The van der Waals surface area contributed by atoms with Gasteiger partial charge in [-0.1, -0.05) is 20.8 Å². The van der Waals surface area contributed by atoms with Crippen molar-refractivity contribution in [3.05, 3.63) is 17.1 Å². The van der Waals surface area contributed by atoms with Crippen LogP contribution < -0.4 is 4.90 Å². The van der Waals surface area contributed by atoms with Gasteiger partial charge in [0.05, 0.1) is 31.8 Å². The number of anilines is 1. The van der Waals surface area contributed by atoms with E-state index in [1.165, 1.54) is 4.70 Å². The van der Waals surface area contributed by atoms with E-state index in [2.05, 4.69) is 48.0 Å². The molecule has 3 nitrogen and oxygen atoms in total. The third-order valence-electron chi connectivity index (χ3n) is 3.64. The minimum absolute atomic E-state index is 0.0686. The van der Waals surface area contributed by atoms with Crippen LogP contribution in [-0.4, -0.2) is 34.7 Å². The Labute approximate surface area is 144 Å². The summed E-state index contributed by atoms with van der Waals surface area (Å²) in [7, 11) is 0. The minimum atomic E-state index is 0.0686. The molecule has 6 heteroatoms. The Kier molecular flexibility index (Phi) is 4.55. The van der Waals surface area contributed by atoms with Gasteiger partial charge in [0.15, 0.2) is 0 Å². The van der Waals surface area contributed by atoms with E-state index in [9.17, 15) is 0 Å². The van der Waals surface area contributed by atoms with Crippen LogP contribution in [0.3, 0.4) is 0 Å². The molecule has 0 atom stereocenters. The summed E-state index contributed by atoms with van der Waals surface area (Å²) < 4.78 is 1.17. The molecule has 0 spiro atoms. The molecule has 22 heavy (non-hydrogen) atoms. The van der Waals surface area contributed by atoms with Crippen molar-refractivity contribution in [2.45, 2.75) is 26.2 Å². The van der Waals surface area contributed by atoms with Crippen molar-refractivity contribution in [1.29, 1.82) is 0 Å². The van der Waals surface area contributed by atoms with Gasteiger partial charge < -0.3 is 4.90 Å². The van der Waals surface area contributed by atoms with Gasteiger partial charge in [-0.25, -0.2) is 4.98 Å². The summed E-state index contributed by atoms with van der Waals surface area (Å²) in [6, 6.07) is 4.28. The number of benzene rings is 1. The molecule has 0 saturated carbocycles. The maximum atomic E-state index is 4.84. The molecule has 0 bridgehead atoms. The third kappa shape index (κ3) is 3.20. The lowest BCUT2D eigenvalue weighted by Crippen LogP contribution is -2.32. The molecule has 0 unspecified atom stereocenters. The molecule has 1 saturated heterocycles. The summed E-state index contributed by atoms with van der Waals surface area (Å²) in [6.07, 6.45) is 0. The fraction of sp³-hybridized carbons (Fsp3) is 0.500. The molecule has 116 valence electrons. The van der Waals surface area contributed by atoms with E-state index in [4.69, 9.17) is 17.2 Å². The average molecular weight is 350 g/mol. The Morgan fingerprint density at radius 1 is 1.27 bits per heavy atom. The molecule has 3 rings (SSSR count). The summed E-state index contributed by atoms with van der Waals surface area (Å²) in [5, 5.41) is 3.68. The number of thiocarbonyl (C=S) groups is 1. The normalized spacial score (nSPS) is 15.9. The van der Waals surface area contributed by atoms with Crippen LogP contribution in [-0.2, 0) is 5.41 Å². The molecule has 0 amide bonds. The molecule has 0 radical (unpaired) electrons. The van der Waals surface area contributed by atoms with E-state index in [0.717, 1.165) is 46.5 Å². The van der Waals surface area contributed by atoms with Crippen LogP contribution in [0, 0.1) is 0 Å². The minimum Gasteiger partial charge on any atom is -0.368 e. The summed E-state index contributed by atoms with van der Waals surface area (Å²) >= 11 is 8.58. The van der Waals surface area contributed by atoms with Crippen molar-refractivity contribution in [2.75, 3.05) is 29.5 Å². The highest BCUT2D eigenvalue weighted by Crippen LogP contribution is 2.38. The van der Waals surface area contributed by atoms with Gasteiger partial charge in [-0.05, 0) is 24.4 Å². The van der Waals surface area contributed by atoms with Crippen molar-refractivity contribution in [1.82, 2.24) is 4.98 Å². The number of rotatable bonds is 2. The van der Waals surface area contributed by atoms with Crippen molar-refractivity contribution in [3.63, 3.8) is 0 Å². The second kappa shape index (κ2) is 6.28. The van der Waals surface area contributed by atoms with Crippen LogP contribution in [0.25, 0.3) is 10.2 Å². The third-order valence-corrected chi connectivity index (χ3v) is 6.12. The summed E-state index contributed by atoms with van der Waals surface area (Å²) in [4.78, 5) is 11.5. The number of fused-ring (bicyclic) bond motifs is 1. The predicted octanol–water partition coefficient (Wildman–Crippen LogP) is 4.88. The van der Waals surface area contributed by atoms with E-state index < -0.39 is 0 Å². The molecule has 1 fully saturated rings. The van der Waals surface area contributed by atoms with Crippen LogP contribution >= 0.6 is 35.3 Å². The molecule has 1 aliphatic heterocycles. The monoisotopic (exact) mass is 349 g/mol. The highest BCUT2D eigenvalue weighted by Gasteiger charge is 2.21. The Morgan fingerprint density at radius 2 is 2.00 bits per heavy atom. The highest BCUT2D eigenvalue weighted by atomic mass is 32.2. The van der Waals surface area contributed by atoms with E-state index in [1.54, 1.807) is 11.3 Å². The SMILES string of the molecule is CC(C)(C)c1nc2cc(N3CCSCC3)c(N=C=S)cc2s1. The number of hydrogen-bond acceptors (Lipinski definition) is 6. The zero-order chi connectivity index (χ0) is 15.7. The van der Waals surface area contributed by atoms with Crippen molar-refractivity contribution in [3.8, 4) is 0 Å². The quantitative estimate of drug-likeness (QED) is 0.570. The Morgan fingerprint density at radius 3 is 2.64 bits per heavy atom. The molecule has 1 aromatic carbocycles. The topological polar surface area (TPSA) is 28.5 Å². The smallest absolute Gasteiger partial charge is 0.0992 e. The van der Waals surface area contributed by atoms with E-state index in [1.807, 2.05) is 11.8 Å². The summed E-state index contributed by atoms with van der Waals surface area (Å²) in [5.74, 6) is 2.31. The number of thiazole rings is 1. The first-order valence-electron chi connectivity index (χ1n) is 7.34. The highest BCUT2D eigenvalue weighted by molar-refractivity contribution is 7.99. The number of isothiocyanates is 1. The first-order chi connectivity index (χ1) is 10.5. The van der Waals surface area contributed by atoms with Gasteiger partial charge >= 0.3 is 0 Å². The number of hydrogen-bond donors (Lipinski definition) is 0. The van der Waals surface area contributed by atoms with Gasteiger partial charge in [-0.2, -0.15) is 16.8 Å². The largest absolute Gasteiger partial charge is 0.368 e. The van der Waals surface area contributed by atoms with Crippen molar-refractivity contribution < 1.29 is 0 Å². The van der Waals surface area contributed by atoms with E-state index in [0.29, 0.717) is 0 Å². The summed E-state index contributed by atoms with van der Waals surface area (Å²) in [6.45, 7) is 8.69. The first kappa shape index (κ1) is 15.9. The van der Waals surface area contributed by atoms with Gasteiger partial charge in [0.1, 0.15) is 0 Å². The molecular weight excluding hydrogens is 330 g/mol. The lowest BCUT2D eigenvalue weighted by molar-refractivity contribution is 0.587. The van der Waals surface area contributed by atoms with Crippen LogP contribution in [0.2, 0.25) is 0 Å². The Hall–Kier alpha value is -0.940. The van der Waals surface area contributed by atoms with Crippen molar-refractivity contribution >= 4 is 62.1 Å². The molecular formula is C16H19N3S3. The lowest BCUT2D eigenvalue weighted by Gasteiger charge is -2.29. The number of aromatic nitrogens is 1. The van der Waals surface area contributed by atoms with Gasteiger partial charge in [-0.3, -0.25) is 0 Å². The molecule has 1 aromatic heterocycles. The zero-order valence-electron chi connectivity index (χ0n) is 13.0. The standard InChI is InChI=1S/C16H19N3S3/c1-16(2,3)15-18-12-8-13(19-4-6-21-7-5-19)11(17-10-20)9-14(12)22-15/h8-9H,4-7H2,1-3H3. The van der Waals surface area contributed by atoms with Gasteiger partial charge in [0, 0.05) is 30.0 Å². The van der Waals surface area contributed by atoms with E-state index in [-0.39, 0.29) is 5.41 Å². The van der Waals surface area contributed by atoms with Gasteiger partial charge in [0.2, 0.25) is 0 Å². The summed E-state index contributed by atoms with van der Waals surface area (Å²) in [5.41, 5.74) is 3.18. The lowest BCUT2D eigenvalue weighted by atomic mass is 9.98. The van der Waals surface area contributed by atoms with Crippen LogP contribution in [0.5, 0.6) is 0 Å². The van der Waals surface area contributed by atoms with Crippen LogP contribution in [0.15, 0.2) is 17.1 Å². The fourth-order valence-corrected chi connectivity index (χ4v) is 4.51. The fourth-order valence-electron chi connectivity index (χ4n) is 2.47. The molecule has 2 aromatic rings. The number of thioether (sulfide) groups is 1. The maximum absolute atomic E-state index is 4.84. The van der Waals surface area contributed by atoms with Crippen LogP contribution in [0.1, 0.15) is 25.8 Å². The number of nitrogens with zero attached hydrogens (tertiary/aromatic N) is 3. The molecule has 0 aliphatic carbocycles. The Balaban J connectivity index is 2.12. The van der Waals surface area contributed by atoms with E-state index >= 15 is 0 Å². The molecule has 2 heterocycles. The zero-order valence-corrected chi connectivity index (χ0v) is 15.5. The van der Waals surface area contributed by atoms with Gasteiger partial charge in [-0.15, -0.1) is 11.3 Å². The molecule has 0 N–H and O–H groups in total. The first-order valence-corrected chi connectivity index (χ1v) is 9.72. The Bertz CT molecular complexity index is 733.